The van der Waals surface area contributed by atoms with Gasteiger partial charge in [0.2, 0.25) is 0 Å². The Balaban J connectivity index is 1.39. The van der Waals surface area contributed by atoms with Gasteiger partial charge >= 0.3 is 0 Å². The molecule has 5 aliphatic carbocycles. The van der Waals surface area contributed by atoms with E-state index in [0.29, 0.717) is 5.92 Å². The minimum Gasteiger partial charge on any atom is -0.0620 e. The molecule has 290 valence electrons. The first-order valence-corrected chi connectivity index (χ1v) is 22.8. The molecule has 0 bridgehead atoms. The quantitative estimate of drug-likeness (QED) is 0.294. The zero-order chi connectivity index (χ0) is 38.0. The molecule has 0 aliphatic heterocycles. The number of rotatable bonds is 4. The number of hydrogen-bond donors (Lipinski definition) is 0. The van der Waals surface area contributed by atoms with Crippen LogP contribution in [0.5, 0.6) is 0 Å². The predicted octanol–water partition coefficient (Wildman–Crippen LogP) is 14.2. The van der Waals surface area contributed by atoms with Crippen molar-refractivity contribution in [2.45, 2.75) is 151 Å². The van der Waals surface area contributed by atoms with Crippen LogP contribution in [0.1, 0.15) is 150 Å². The highest BCUT2D eigenvalue weighted by Crippen LogP contribution is 2.68. The third kappa shape index (κ3) is 5.66. The monoisotopic (exact) mass is 699 g/mol. The zero-order valence-corrected chi connectivity index (χ0v) is 37.6. The Morgan fingerprint density at radius 1 is 0.255 bits per heavy atom. The van der Waals surface area contributed by atoms with Gasteiger partial charge in [0.25, 0.3) is 0 Å². The minimum absolute atomic E-state index is 0.689. The van der Waals surface area contributed by atoms with E-state index in [2.05, 4.69) is 138 Å². The maximum Gasteiger partial charge on any atom is -0.00943 e. The zero-order valence-electron chi connectivity index (χ0n) is 37.6. The van der Waals surface area contributed by atoms with Gasteiger partial charge in [-0.05, 0) is 216 Å². The molecule has 0 heterocycles. The summed E-state index contributed by atoms with van der Waals surface area (Å²) in [5.41, 5.74) is 9.64. The van der Waals surface area contributed by atoms with Crippen molar-refractivity contribution < 1.29 is 0 Å². The van der Waals surface area contributed by atoms with Crippen molar-refractivity contribution >= 4 is 0 Å². The molecule has 0 saturated heterocycles. The Kier molecular flexibility index (Phi) is 11.0. The van der Waals surface area contributed by atoms with Crippen LogP contribution < -0.4 is 0 Å². The van der Waals surface area contributed by atoms with Gasteiger partial charge in [0.05, 0.1) is 0 Å². The molecule has 0 aromatic heterocycles. The fourth-order valence-corrected chi connectivity index (χ4v) is 16.6. The smallest absolute Gasteiger partial charge is 0.00943 e. The first-order chi connectivity index (χ1) is 23.7. The van der Waals surface area contributed by atoms with Crippen LogP contribution >= 0.6 is 0 Å². The van der Waals surface area contributed by atoms with E-state index < -0.39 is 0 Å². The van der Waals surface area contributed by atoms with Crippen molar-refractivity contribution in [3.63, 3.8) is 0 Å². The molecule has 5 aliphatic rings. The van der Waals surface area contributed by atoms with Gasteiger partial charge in [-0.1, -0.05) is 104 Å². The molecular formula is C51H86. The highest BCUT2D eigenvalue weighted by atomic mass is 14.7. The highest BCUT2D eigenvalue weighted by molar-refractivity contribution is 5.51. The Labute approximate surface area is 319 Å². The fourth-order valence-electron chi connectivity index (χ4n) is 16.6. The van der Waals surface area contributed by atoms with Crippen LogP contribution in [-0.2, 0) is 0 Å². The Bertz CT molecular complexity index is 1370. The van der Waals surface area contributed by atoms with Crippen molar-refractivity contribution in [2.24, 2.45) is 136 Å². The molecule has 0 radical (unpaired) electrons. The molecule has 5 saturated carbocycles. The molecule has 0 heteroatoms. The van der Waals surface area contributed by atoms with E-state index in [1.165, 1.54) is 12.0 Å². The third-order valence-electron chi connectivity index (χ3n) is 21.6. The van der Waals surface area contributed by atoms with Gasteiger partial charge in [-0.15, -0.1) is 0 Å². The van der Waals surface area contributed by atoms with Crippen molar-refractivity contribution in [2.75, 3.05) is 0 Å². The molecule has 0 spiro atoms. The largest absolute Gasteiger partial charge is 0.0620 e. The van der Waals surface area contributed by atoms with Gasteiger partial charge in [-0.2, -0.15) is 0 Å². The fraction of sp³-hybridized carbons (Fsp3) is 0.882. The summed E-state index contributed by atoms with van der Waals surface area (Å²) < 4.78 is 0. The highest BCUT2D eigenvalue weighted by Gasteiger charge is 2.63. The lowest BCUT2D eigenvalue weighted by Gasteiger charge is -2.58. The van der Waals surface area contributed by atoms with Crippen LogP contribution in [0.2, 0.25) is 0 Å². The van der Waals surface area contributed by atoms with Gasteiger partial charge in [0.15, 0.2) is 0 Å². The number of fused-ring (bicyclic) bond motifs is 2. The summed E-state index contributed by atoms with van der Waals surface area (Å²) in [4.78, 5) is 0. The molecule has 0 amide bonds. The van der Waals surface area contributed by atoms with E-state index in [1.54, 1.807) is 27.8 Å². The second-order valence-electron chi connectivity index (χ2n) is 22.0. The Hall–Kier alpha value is -0.780. The van der Waals surface area contributed by atoms with Crippen LogP contribution in [0.4, 0.5) is 0 Å². The summed E-state index contributed by atoms with van der Waals surface area (Å²) in [6.45, 7) is 52.4. The van der Waals surface area contributed by atoms with Gasteiger partial charge < -0.3 is 0 Å². The first-order valence-electron chi connectivity index (χ1n) is 22.8. The lowest BCUT2D eigenvalue weighted by molar-refractivity contribution is -0.106. The van der Waals surface area contributed by atoms with Crippen molar-refractivity contribution in [3.05, 3.63) is 33.4 Å². The average molecular weight is 699 g/mol. The normalized spacial score (nSPS) is 54.4. The van der Waals surface area contributed by atoms with Crippen molar-refractivity contribution in [1.29, 1.82) is 0 Å². The molecule has 22 unspecified atom stereocenters. The van der Waals surface area contributed by atoms with E-state index in [1.807, 2.05) is 0 Å². The van der Waals surface area contributed by atoms with E-state index >= 15 is 0 Å². The van der Waals surface area contributed by atoms with Gasteiger partial charge in [0, 0.05) is 0 Å². The minimum atomic E-state index is 0.689. The SMILES string of the molecule is Cc1c(C)c(C)c(C2C(C)C(C)C(C)C3C(CC4C(C)C(C)C5C4C(C)C(C)C(C)C5C4C(C)C(C)C(C)C(C)C4C)C(C)C(C)C23)c(C)c1C. The summed E-state index contributed by atoms with van der Waals surface area (Å²) in [6, 6.07) is 0. The molecule has 1 aromatic carbocycles. The maximum atomic E-state index is 2.75. The average Bonchev–Trinajstić information content (AvgIpc) is 3.49. The molecule has 0 N–H and O–H groups in total. The van der Waals surface area contributed by atoms with Crippen LogP contribution in [0, 0.1) is 171 Å². The summed E-state index contributed by atoms with van der Waals surface area (Å²) in [6.07, 6.45) is 1.50. The molecule has 51 heavy (non-hydrogen) atoms. The summed E-state index contributed by atoms with van der Waals surface area (Å²) in [7, 11) is 0. The molecule has 1 aromatic rings. The molecule has 6 rings (SSSR count). The topological polar surface area (TPSA) is 0 Å². The van der Waals surface area contributed by atoms with Crippen molar-refractivity contribution in [1.82, 2.24) is 0 Å². The Morgan fingerprint density at radius 2 is 0.529 bits per heavy atom. The van der Waals surface area contributed by atoms with E-state index in [4.69, 9.17) is 0 Å². The van der Waals surface area contributed by atoms with E-state index in [-0.39, 0.29) is 0 Å². The molecular weight excluding hydrogens is 613 g/mol. The number of benzene rings is 1. The second-order valence-corrected chi connectivity index (χ2v) is 22.0. The van der Waals surface area contributed by atoms with E-state index in [9.17, 15) is 0 Å². The summed E-state index contributed by atoms with van der Waals surface area (Å²) >= 11 is 0. The molecule has 0 nitrogen and oxygen atoms in total. The van der Waals surface area contributed by atoms with Crippen LogP contribution in [0.25, 0.3) is 0 Å². The van der Waals surface area contributed by atoms with Crippen LogP contribution in [-0.4, -0.2) is 0 Å². The molecule has 5 fully saturated rings. The lowest BCUT2D eigenvalue weighted by Crippen LogP contribution is -2.53. The number of hydrogen-bond acceptors (Lipinski definition) is 0. The maximum absolute atomic E-state index is 2.75. The van der Waals surface area contributed by atoms with Crippen LogP contribution in [0.3, 0.4) is 0 Å². The Morgan fingerprint density at radius 3 is 1.00 bits per heavy atom. The third-order valence-corrected chi connectivity index (χ3v) is 21.6. The second kappa shape index (κ2) is 14.1. The van der Waals surface area contributed by atoms with Crippen molar-refractivity contribution in [3.8, 4) is 0 Å². The van der Waals surface area contributed by atoms with Gasteiger partial charge in [0.1, 0.15) is 0 Å². The molecule has 22 atom stereocenters. The van der Waals surface area contributed by atoms with E-state index in [0.717, 1.165) is 136 Å². The standard InChI is InChI=1S/C51H86/c1-22-24(3)32(11)44(33(12)25(22)4)48-38(17)28(7)36(15)46-42(30(9)40(19)50(46)48)21-43-31(10)41(20)51-47(43)37(16)29(8)39(18)49(51)45-34(13)26(5)23(2)27(6)35(45)14/h22,24-25,28-33,36-44,46-51H,21H2,1-20H3. The first kappa shape index (κ1) is 39.9. The van der Waals surface area contributed by atoms with Gasteiger partial charge in [-0.3, -0.25) is 0 Å². The van der Waals surface area contributed by atoms with Crippen LogP contribution in [0.15, 0.2) is 0 Å². The lowest BCUT2D eigenvalue weighted by atomic mass is 9.47. The van der Waals surface area contributed by atoms with Gasteiger partial charge in [-0.25, -0.2) is 0 Å². The summed E-state index contributed by atoms with van der Waals surface area (Å²) in [5.74, 6) is 19.9. The predicted molar refractivity (Wildman–Crippen MR) is 223 cm³/mol. The summed E-state index contributed by atoms with van der Waals surface area (Å²) in [5, 5.41) is 0.